The number of aromatic nitrogens is 2. The first-order valence-corrected chi connectivity index (χ1v) is 6.66. The summed E-state index contributed by atoms with van der Waals surface area (Å²) in [7, 11) is 0. The lowest BCUT2D eigenvalue weighted by Crippen LogP contribution is -1.76. The zero-order chi connectivity index (χ0) is 11.9. The van der Waals surface area contributed by atoms with Crippen LogP contribution in [-0.4, -0.2) is 10.2 Å². The van der Waals surface area contributed by atoms with Crippen LogP contribution < -0.4 is 0 Å². The van der Waals surface area contributed by atoms with Gasteiger partial charge in [0.05, 0.1) is 10.2 Å². The minimum atomic E-state index is 1.05. The highest BCUT2D eigenvalue weighted by molar-refractivity contribution is 7.26. The van der Waals surface area contributed by atoms with Crippen molar-refractivity contribution < 1.29 is 0 Å². The summed E-state index contributed by atoms with van der Waals surface area (Å²) in [5.74, 6) is 0. The number of thiophene rings is 1. The van der Waals surface area contributed by atoms with E-state index in [-0.39, 0.29) is 0 Å². The predicted molar refractivity (Wildman–Crippen MR) is 76.9 cm³/mol. The molecule has 0 radical (unpaired) electrons. The number of hydrogen-bond acceptors (Lipinski definition) is 2. The summed E-state index contributed by atoms with van der Waals surface area (Å²) in [6, 6.07) is 18.7. The minimum Gasteiger partial charge on any atom is -0.276 e. The summed E-state index contributed by atoms with van der Waals surface area (Å²) >= 11 is 1.80. The minimum absolute atomic E-state index is 1.05. The third-order valence-electron chi connectivity index (χ3n) is 3.14. The Kier molecular flexibility index (Phi) is 2.02. The van der Waals surface area contributed by atoms with E-state index in [1.807, 2.05) is 18.2 Å². The monoisotopic (exact) mass is 250 g/mol. The molecule has 1 N–H and O–H groups in total. The van der Waals surface area contributed by atoms with Gasteiger partial charge in [-0.05, 0) is 6.07 Å². The second-order valence-corrected chi connectivity index (χ2v) is 5.29. The largest absolute Gasteiger partial charge is 0.276 e. The van der Waals surface area contributed by atoms with Gasteiger partial charge in [0.2, 0.25) is 0 Å². The van der Waals surface area contributed by atoms with Crippen molar-refractivity contribution in [2.45, 2.75) is 0 Å². The maximum absolute atomic E-state index is 4.46. The summed E-state index contributed by atoms with van der Waals surface area (Å²) in [5.41, 5.74) is 3.36. The highest BCUT2D eigenvalue weighted by Crippen LogP contribution is 2.37. The molecule has 0 aliphatic rings. The summed E-state index contributed by atoms with van der Waals surface area (Å²) in [5, 5.41) is 8.89. The number of hydrogen-bond donors (Lipinski definition) is 1. The molecule has 3 heteroatoms. The van der Waals surface area contributed by atoms with Crippen LogP contribution in [0.1, 0.15) is 0 Å². The Hall–Kier alpha value is -2.13. The first-order chi connectivity index (χ1) is 8.93. The van der Waals surface area contributed by atoms with E-state index in [0.29, 0.717) is 0 Å². The zero-order valence-corrected chi connectivity index (χ0v) is 10.4. The van der Waals surface area contributed by atoms with Crippen LogP contribution in [-0.2, 0) is 0 Å². The molecule has 0 atom stereocenters. The Balaban J connectivity index is 2.08. The molecule has 0 bridgehead atoms. The van der Waals surface area contributed by atoms with Gasteiger partial charge >= 0.3 is 0 Å². The van der Waals surface area contributed by atoms with E-state index in [2.05, 4.69) is 46.6 Å². The molecule has 4 rings (SSSR count). The van der Waals surface area contributed by atoms with E-state index < -0.39 is 0 Å². The highest BCUT2D eigenvalue weighted by Gasteiger charge is 2.12. The molecule has 0 spiro atoms. The molecular weight excluding hydrogens is 240 g/mol. The second-order valence-electron chi connectivity index (χ2n) is 4.24. The van der Waals surface area contributed by atoms with E-state index in [4.69, 9.17) is 0 Å². The molecular formula is C15H10N2S. The molecule has 0 unspecified atom stereocenters. The first kappa shape index (κ1) is 9.85. The molecule has 2 aromatic heterocycles. The quantitative estimate of drug-likeness (QED) is 0.531. The number of nitrogens with one attached hydrogen (secondary N) is 1. The fourth-order valence-corrected chi connectivity index (χ4v) is 3.44. The van der Waals surface area contributed by atoms with E-state index in [1.54, 1.807) is 11.3 Å². The van der Waals surface area contributed by atoms with Crippen LogP contribution in [0.4, 0.5) is 0 Å². The molecule has 2 aromatic carbocycles. The molecule has 0 amide bonds. The number of aromatic amines is 1. The van der Waals surface area contributed by atoms with E-state index in [1.165, 1.54) is 14.8 Å². The Morgan fingerprint density at radius 1 is 0.889 bits per heavy atom. The Labute approximate surface area is 108 Å². The molecule has 0 saturated carbocycles. The van der Waals surface area contributed by atoms with Crippen molar-refractivity contribution in [3.8, 4) is 11.3 Å². The standard InChI is InChI=1S/C15H10N2S/c1-2-6-10(7-3-1)13-15-14(17-16-13)11-8-4-5-9-12(11)18-15/h1-9H,(H,16,17). The molecule has 2 nitrogen and oxygen atoms in total. The van der Waals surface area contributed by atoms with Crippen molar-refractivity contribution in [1.82, 2.24) is 10.2 Å². The van der Waals surface area contributed by atoms with Gasteiger partial charge in [0.15, 0.2) is 0 Å². The van der Waals surface area contributed by atoms with Gasteiger partial charge in [-0.25, -0.2) is 0 Å². The topological polar surface area (TPSA) is 28.7 Å². The van der Waals surface area contributed by atoms with Crippen LogP contribution in [0.2, 0.25) is 0 Å². The summed E-state index contributed by atoms with van der Waals surface area (Å²) < 4.78 is 2.54. The van der Waals surface area contributed by atoms with Crippen LogP contribution in [0, 0.1) is 0 Å². The van der Waals surface area contributed by atoms with Crippen LogP contribution in [0.25, 0.3) is 31.6 Å². The summed E-state index contributed by atoms with van der Waals surface area (Å²) in [4.78, 5) is 0. The molecule has 2 heterocycles. The van der Waals surface area contributed by atoms with Crippen molar-refractivity contribution in [3.05, 3.63) is 54.6 Å². The van der Waals surface area contributed by atoms with Crippen LogP contribution in [0.15, 0.2) is 54.6 Å². The maximum Gasteiger partial charge on any atom is 0.110 e. The smallest absolute Gasteiger partial charge is 0.110 e. The van der Waals surface area contributed by atoms with Crippen molar-refractivity contribution in [2.24, 2.45) is 0 Å². The Morgan fingerprint density at radius 3 is 2.56 bits per heavy atom. The number of rotatable bonds is 1. The normalized spacial score (nSPS) is 11.3. The SMILES string of the molecule is c1ccc(-c2n[nH]c3c2sc2ccccc23)cc1. The van der Waals surface area contributed by atoms with Gasteiger partial charge in [-0.15, -0.1) is 11.3 Å². The fourth-order valence-electron chi connectivity index (χ4n) is 2.28. The van der Waals surface area contributed by atoms with Crippen molar-refractivity contribution in [3.63, 3.8) is 0 Å². The average molecular weight is 250 g/mol. The van der Waals surface area contributed by atoms with Gasteiger partial charge in [-0.1, -0.05) is 48.5 Å². The van der Waals surface area contributed by atoms with Crippen molar-refractivity contribution in [1.29, 1.82) is 0 Å². The van der Waals surface area contributed by atoms with Gasteiger partial charge in [0, 0.05) is 15.6 Å². The fraction of sp³-hybridized carbons (Fsp3) is 0. The van der Waals surface area contributed by atoms with E-state index in [9.17, 15) is 0 Å². The van der Waals surface area contributed by atoms with Gasteiger partial charge < -0.3 is 0 Å². The molecule has 0 saturated heterocycles. The molecule has 18 heavy (non-hydrogen) atoms. The number of benzene rings is 2. The van der Waals surface area contributed by atoms with Gasteiger partial charge in [-0.2, -0.15) is 5.10 Å². The van der Waals surface area contributed by atoms with E-state index >= 15 is 0 Å². The number of H-pyrrole nitrogens is 1. The van der Waals surface area contributed by atoms with Gasteiger partial charge in [0.1, 0.15) is 5.69 Å². The third kappa shape index (κ3) is 1.31. The van der Waals surface area contributed by atoms with Crippen LogP contribution in [0.3, 0.4) is 0 Å². The third-order valence-corrected chi connectivity index (χ3v) is 4.31. The summed E-state index contributed by atoms with van der Waals surface area (Å²) in [6.07, 6.45) is 0. The summed E-state index contributed by atoms with van der Waals surface area (Å²) in [6.45, 7) is 0. The Morgan fingerprint density at radius 2 is 1.67 bits per heavy atom. The number of nitrogens with zero attached hydrogens (tertiary/aromatic N) is 1. The van der Waals surface area contributed by atoms with Crippen LogP contribution in [0.5, 0.6) is 0 Å². The average Bonchev–Trinajstić information content (AvgIpc) is 2.98. The number of fused-ring (bicyclic) bond motifs is 3. The van der Waals surface area contributed by atoms with Gasteiger partial charge in [-0.3, -0.25) is 5.10 Å². The molecule has 0 aliphatic heterocycles. The molecule has 4 aromatic rings. The van der Waals surface area contributed by atoms with Crippen molar-refractivity contribution >= 4 is 31.6 Å². The zero-order valence-electron chi connectivity index (χ0n) is 9.55. The lowest BCUT2D eigenvalue weighted by molar-refractivity contribution is 1.13. The maximum atomic E-state index is 4.46. The Bertz CT molecular complexity index is 827. The molecule has 86 valence electrons. The van der Waals surface area contributed by atoms with Crippen LogP contribution >= 0.6 is 11.3 Å². The second kappa shape index (κ2) is 3.68. The lowest BCUT2D eigenvalue weighted by atomic mass is 10.1. The van der Waals surface area contributed by atoms with E-state index in [0.717, 1.165) is 16.8 Å². The first-order valence-electron chi connectivity index (χ1n) is 5.84. The predicted octanol–water partition coefficient (Wildman–Crippen LogP) is 4.44. The highest BCUT2D eigenvalue weighted by atomic mass is 32.1. The molecule has 0 aliphatic carbocycles. The molecule has 0 fully saturated rings. The lowest BCUT2D eigenvalue weighted by Gasteiger charge is -1.94. The van der Waals surface area contributed by atoms with Gasteiger partial charge in [0.25, 0.3) is 0 Å². The van der Waals surface area contributed by atoms with Crippen molar-refractivity contribution in [2.75, 3.05) is 0 Å².